The average molecular weight is 306 g/mol. The predicted molar refractivity (Wildman–Crippen MR) is 91.8 cm³/mol. The van der Waals surface area contributed by atoms with Crippen LogP contribution in [0.5, 0.6) is 5.75 Å². The number of nitrogens with zero attached hydrogens (tertiary/aromatic N) is 1. The third kappa shape index (κ3) is 3.86. The Labute approximate surface area is 135 Å². The maximum Gasteiger partial charge on any atom is 0.262 e. The van der Waals surface area contributed by atoms with E-state index in [2.05, 4.69) is 16.4 Å². The van der Waals surface area contributed by atoms with Crippen LogP contribution in [0.4, 0.5) is 5.69 Å². The zero-order chi connectivity index (χ0) is 16.2. The number of anilines is 1. The minimum atomic E-state index is -0.207. The van der Waals surface area contributed by atoms with Crippen LogP contribution in [0.25, 0.3) is 10.9 Å². The Balaban J connectivity index is 1.64. The van der Waals surface area contributed by atoms with E-state index in [1.54, 1.807) is 6.20 Å². The zero-order valence-corrected chi connectivity index (χ0v) is 13.2. The number of hydrogen-bond acceptors (Lipinski definition) is 3. The van der Waals surface area contributed by atoms with Crippen LogP contribution in [0.15, 0.2) is 54.7 Å². The summed E-state index contributed by atoms with van der Waals surface area (Å²) in [7, 11) is 0. The van der Waals surface area contributed by atoms with E-state index in [4.69, 9.17) is 4.74 Å². The number of benzene rings is 2. The van der Waals surface area contributed by atoms with E-state index >= 15 is 0 Å². The van der Waals surface area contributed by atoms with Gasteiger partial charge in [-0.25, -0.2) is 0 Å². The topological polar surface area (TPSA) is 51.2 Å². The van der Waals surface area contributed by atoms with Crippen molar-refractivity contribution in [1.29, 1.82) is 0 Å². The lowest BCUT2D eigenvalue weighted by atomic mass is 10.1. The molecule has 116 valence electrons. The SMILES string of the molecule is Cc1cc(C)cc(OCC(=O)Nc2cnc3ccccc3c2)c1. The molecule has 3 rings (SSSR count). The van der Waals surface area contributed by atoms with Gasteiger partial charge in [-0.05, 0) is 49.2 Å². The van der Waals surface area contributed by atoms with Crippen molar-refractivity contribution in [1.82, 2.24) is 4.98 Å². The van der Waals surface area contributed by atoms with Crippen molar-refractivity contribution in [2.45, 2.75) is 13.8 Å². The van der Waals surface area contributed by atoms with Crippen LogP contribution >= 0.6 is 0 Å². The highest BCUT2D eigenvalue weighted by atomic mass is 16.5. The normalized spacial score (nSPS) is 10.5. The standard InChI is InChI=1S/C19H18N2O2/c1-13-7-14(2)9-17(8-13)23-12-19(22)21-16-10-15-5-3-4-6-18(15)20-11-16/h3-11H,12H2,1-2H3,(H,21,22). The summed E-state index contributed by atoms with van der Waals surface area (Å²) in [6.45, 7) is 3.97. The van der Waals surface area contributed by atoms with Crippen LogP contribution in [0.1, 0.15) is 11.1 Å². The molecule has 2 aromatic carbocycles. The van der Waals surface area contributed by atoms with Crippen LogP contribution in [0.3, 0.4) is 0 Å². The fourth-order valence-corrected chi connectivity index (χ4v) is 2.50. The van der Waals surface area contributed by atoms with Gasteiger partial charge in [0.2, 0.25) is 0 Å². The molecular formula is C19H18N2O2. The molecule has 0 saturated carbocycles. The van der Waals surface area contributed by atoms with E-state index in [1.807, 2.05) is 56.3 Å². The van der Waals surface area contributed by atoms with Crippen molar-refractivity contribution in [3.05, 3.63) is 65.9 Å². The average Bonchev–Trinajstić information content (AvgIpc) is 2.52. The minimum Gasteiger partial charge on any atom is -0.484 e. The molecule has 4 heteroatoms. The van der Waals surface area contributed by atoms with Gasteiger partial charge in [0, 0.05) is 5.39 Å². The minimum absolute atomic E-state index is 0.0320. The van der Waals surface area contributed by atoms with E-state index in [0.717, 1.165) is 22.0 Å². The lowest BCUT2D eigenvalue weighted by Crippen LogP contribution is -2.20. The van der Waals surface area contributed by atoms with Gasteiger partial charge in [0.05, 0.1) is 17.4 Å². The molecule has 0 fully saturated rings. The van der Waals surface area contributed by atoms with Crippen molar-refractivity contribution in [2.75, 3.05) is 11.9 Å². The van der Waals surface area contributed by atoms with Crippen molar-refractivity contribution < 1.29 is 9.53 Å². The van der Waals surface area contributed by atoms with Crippen LogP contribution < -0.4 is 10.1 Å². The molecule has 1 aromatic heterocycles. The summed E-state index contributed by atoms with van der Waals surface area (Å²) in [5.41, 5.74) is 3.79. The number of nitrogens with one attached hydrogen (secondary N) is 1. The summed E-state index contributed by atoms with van der Waals surface area (Å²) >= 11 is 0. The van der Waals surface area contributed by atoms with Gasteiger partial charge in [-0.2, -0.15) is 0 Å². The van der Waals surface area contributed by atoms with Gasteiger partial charge >= 0.3 is 0 Å². The van der Waals surface area contributed by atoms with E-state index in [1.165, 1.54) is 0 Å². The third-order valence-corrected chi connectivity index (χ3v) is 3.44. The van der Waals surface area contributed by atoms with Gasteiger partial charge in [-0.3, -0.25) is 9.78 Å². The van der Waals surface area contributed by atoms with E-state index < -0.39 is 0 Å². The fourth-order valence-electron chi connectivity index (χ4n) is 2.50. The molecule has 0 bridgehead atoms. The number of fused-ring (bicyclic) bond motifs is 1. The molecule has 0 unspecified atom stereocenters. The second kappa shape index (κ2) is 6.48. The summed E-state index contributed by atoms with van der Waals surface area (Å²) in [4.78, 5) is 16.3. The maximum atomic E-state index is 12.0. The number of carbonyl (C=O) groups excluding carboxylic acids is 1. The molecule has 0 spiro atoms. The molecule has 1 N–H and O–H groups in total. The molecule has 0 aliphatic carbocycles. The second-order valence-electron chi connectivity index (χ2n) is 5.58. The summed E-state index contributed by atoms with van der Waals surface area (Å²) in [6, 6.07) is 15.6. The first-order valence-electron chi connectivity index (χ1n) is 7.46. The van der Waals surface area contributed by atoms with Crippen molar-refractivity contribution in [2.24, 2.45) is 0 Å². The lowest BCUT2D eigenvalue weighted by Gasteiger charge is -2.09. The molecule has 1 heterocycles. The number of carbonyl (C=O) groups is 1. The van der Waals surface area contributed by atoms with Crippen molar-refractivity contribution in [3.63, 3.8) is 0 Å². The van der Waals surface area contributed by atoms with Gasteiger partial charge < -0.3 is 10.1 Å². The van der Waals surface area contributed by atoms with Gasteiger partial charge in [0.1, 0.15) is 5.75 Å². The number of hydrogen-bond donors (Lipinski definition) is 1. The number of aromatic nitrogens is 1. The fraction of sp³-hybridized carbons (Fsp3) is 0.158. The lowest BCUT2D eigenvalue weighted by molar-refractivity contribution is -0.118. The van der Waals surface area contributed by atoms with Crippen molar-refractivity contribution in [3.8, 4) is 5.75 Å². The quantitative estimate of drug-likeness (QED) is 0.796. The summed E-state index contributed by atoms with van der Waals surface area (Å²) in [6.07, 6.45) is 1.65. The highest BCUT2D eigenvalue weighted by Crippen LogP contribution is 2.17. The number of aryl methyl sites for hydroxylation is 2. The van der Waals surface area contributed by atoms with Crippen LogP contribution in [0, 0.1) is 13.8 Å². The molecule has 0 aliphatic rings. The molecule has 0 saturated heterocycles. The predicted octanol–water partition coefficient (Wildman–Crippen LogP) is 3.87. The molecular weight excluding hydrogens is 288 g/mol. The second-order valence-corrected chi connectivity index (χ2v) is 5.58. The van der Waals surface area contributed by atoms with E-state index in [-0.39, 0.29) is 12.5 Å². The van der Waals surface area contributed by atoms with Crippen molar-refractivity contribution >= 4 is 22.5 Å². The first-order chi connectivity index (χ1) is 11.1. The van der Waals surface area contributed by atoms with E-state index in [0.29, 0.717) is 11.4 Å². The Bertz CT molecular complexity index is 839. The van der Waals surface area contributed by atoms with Gasteiger partial charge in [0.25, 0.3) is 5.91 Å². The largest absolute Gasteiger partial charge is 0.484 e. The van der Waals surface area contributed by atoms with Gasteiger partial charge in [-0.1, -0.05) is 24.3 Å². The molecule has 1 amide bonds. The molecule has 3 aromatic rings. The summed E-state index contributed by atoms with van der Waals surface area (Å²) < 4.78 is 5.56. The summed E-state index contributed by atoms with van der Waals surface area (Å²) in [5, 5.41) is 3.79. The number of rotatable bonds is 4. The smallest absolute Gasteiger partial charge is 0.262 e. The first kappa shape index (κ1) is 15.0. The number of para-hydroxylation sites is 1. The van der Waals surface area contributed by atoms with Crippen LogP contribution in [0.2, 0.25) is 0 Å². The number of pyridine rings is 1. The van der Waals surface area contributed by atoms with Crippen LogP contribution in [-0.4, -0.2) is 17.5 Å². The molecule has 23 heavy (non-hydrogen) atoms. The Hall–Kier alpha value is -2.88. The van der Waals surface area contributed by atoms with Crippen LogP contribution in [-0.2, 0) is 4.79 Å². The summed E-state index contributed by atoms with van der Waals surface area (Å²) in [5.74, 6) is 0.496. The molecule has 4 nitrogen and oxygen atoms in total. The first-order valence-corrected chi connectivity index (χ1v) is 7.46. The zero-order valence-electron chi connectivity index (χ0n) is 13.2. The highest BCUT2D eigenvalue weighted by molar-refractivity contribution is 5.93. The maximum absolute atomic E-state index is 12.0. The van der Waals surface area contributed by atoms with E-state index in [9.17, 15) is 4.79 Å². The Morgan fingerprint density at radius 2 is 1.83 bits per heavy atom. The molecule has 0 atom stereocenters. The number of amides is 1. The van der Waals surface area contributed by atoms with Gasteiger partial charge in [0.15, 0.2) is 6.61 Å². The molecule has 0 radical (unpaired) electrons. The monoisotopic (exact) mass is 306 g/mol. The Morgan fingerprint density at radius 1 is 1.09 bits per heavy atom. The Kier molecular flexibility index (Phi) is 4.24. The van der Waals surface area contributed by atoms with Gasteiger partial charge in [-0.15, -0.1) is 0 Å². The number of ether oxygens (including phenoxy) is 1. The molecule has 0 aliphatic heterocycles. The Morgan fingerprint density at radius 3 is 2.61 bits per heavy atom. The highest BCUT2D eigenvalue weighted by Gasteiger charge is 2.06. The third-order valence-electron chi connectivity index (χ3n) is 3.44.